The fraction of sp³-hybridized carbons (Fsp3) is 0.353. The molecule has 0 aliphatic carbocycles. The summed E-state index contributed by atoms with van der Waals surface area (Å²) < 4.78 is 11.3. The van der Waals surface area contributed by atoms with E-state index in [-0.39, 0.29) is 11.4 Å². The van der Waals surface area contributed by atoms with Crippen molar-refractivity contribution >= 4 is 46.9 Å². The van der Waals surface area contributed by atoms with E-state index in [4.69, 9.17) is 15.3 Å². The van der Waals surface area contributed by atoms with E-state index in [2.05, 4.69) is 30.5 Å². The maximum Gasteiger partial charge on any atom is 0.343 e. The summed E-state index contributed by atoms with van der Waals surface area (Å²) in [4.78, 5) is 39.2. The first-order valence-electron chi connectivity index (χ1n) is 8.95. The number of carbonyl (C=O) groups is 2. The number of hydrazine groups is 1. The number of ether oxygens (including phenoxy) is 2. The van der Waals surface area contributed by atoms with Crippen LogP contribution in [0.15, 0.2) is 29.0 Å². The monoisotopic (exact) mass is 466 g/mol. The van der Waals surface area contributed by atoms with Crippen LogP contribution < -0.4 is 11.3 Å². The molecule has 3 heterocycles. The topological polar surface area (TPSA) is 160 Å². The smallest absolute Gasteiger partial charge is 0.343 e. The van der Waals surface area contributed by atoms with Gasteiger partial charge in [0.1, 0.15) is 17.5 Å². The van der Waals surface area contributed by atoms with Gasteiger partial charge in [0.05, 0.1) is 13.2 Å². The Balaban J connectivity index is 0.000000221. The summed E-state index contributed by atoms with van der Waals surface area (Å²) in [5, 5.41) is 5.23. The van der Waals surface area contributed by atoms with Crippen LogP contribution in [0.3, 0.4) is 0 Å². The molecule has 0 unspecified atom stereocenters. The van der Waals surface area contributed by atoms with E-state index >= 15 is 0 Å². The molecule has 0 saturated carbocycles. The number of nitrogen functional groups attached to an aromatic ring is 1. The average molecular weight is 467 g/mol. The number of thioether (sulfide) groups is 2. The minimum absolute atomic E-state index is 0.233. The van der Waals surface area contributed by atoms with Gasteiger partial charge in [0, 0.05) is 12.4 Å². The van der Waals surface area contributed by atoms with Gasteiger partial charge in [-0.25, -0.2) is 35.4 Å². The summed E-state index contributed by atoms with van der Waals surface area (Å²) >= 11 is 2.80. The molecule has 0 spiro atoms. The highest BCUT2D eigenvalue weighted by Crippen LogP contribution is 2.17. The van der Waals surface area contributed by atoms with Gasteiger partial charge < -0.3 is 14.9 Å². The standard InChI is InChI=1S/C9H10N4O2S.C8H12N4O2S/c1-3-15-8(14)6-4-10-9(16-2)13-7(6)11-5-12-13;1-3-14-7(13)5-4-10-8(15-2)11-6(5)12-9/h4-5H,3H2,1-2H3;4H,3,9H2,1-2H3,(H,10,11,12). The van der Waals surface area contributed by atoms with Gasteiger partial charge in [-0.05, 0) is 26.4 Å². The first-order valence-corrected chi connectivity index (χ1v) is 11.4. The molecule has 14 heteroatoms. The van der Waals surface area contributed by atoms with Crippen LogP contribution in [0, 0.1) is 0 Å². The number of carbonyl (C=O) groups excluding carboxylic acids is 2. The molecule has 0 radical (unpaired) electrons. The van der Waals surface area contributed by atoms with Crippen LogP contribution in [-0.4, -0.2) is 67.2 Å². The van der Waals surface area contributed by atoms with Crippen LogP contribution in [0.1, 0.15) is 34.6 Å². The van der Waals surface area contributed by atoms with Gasteiger partial charge in [0.15, 0.2) is 21.8 Å². The summed E-state index contributed by atoms with van der Waals surface area (Å²) in [7, 11) is 0. The van der Waals surface area contributed by atoms with Crippen LogP contribution >= 0.6 is 23.5 Å². The molecule has 0 fully saturated rings. The second-order valence-electron chi connectivity index (χ2n) is 5.36. The van der Waals surface area contributed by atoms with E-state index in [1.807, 2.05) is 12.5 Å². The molecule has 3 N–H and O–H groups in total. The lowest BCUT2D eigenvalue weighted by Crippen LogP contribution is -2.16. The third-order valence-corrected chi connectivity index (χ3v) is 4.74. The van der Waals surface area contributed by atoms with E-state index in [9.17, 15) is 9.59 Å². The average Bonchev–Trinajstić information content (AvgIpc) is 3.28. The normalized spacial score (nSPS) is 10.2. The number of aromatic nitrogens is 6. The first-order chi connectivity index (χ1) is 15.0. The molecule has 0 aliphatic rings. The highest BCUT2D eigenvalue weighted by molar-refractivity contribution is 7.98. The summed E-state index contributed by atoms with van der Waals surface area (Å²) in [5.41, 5.74) is 3.38. The molecule has 166 valence electrons. The number of hydrogen-bond donors (Lipinski definition) is 2. The van der Waals surface area contributed by atoms with Crippen molar-refractivity contribution in [1.82, 2.24) is 29.5 Å². The number of hydrogen-bond acceptors (Lipinski definition) is 13. The van der Waals surface area contributed by atoms with Gasteiger partial charge in [-0.2, -0.15) is 9.61 Å². The van der Waals surface area contributed by atoms with Crippen LogP contribution in [0.5, 0.6) is 0 Å². The molecule has 3 aromatic rings. The largest absolute Gasteiger partial charge is 0.462 e. The Kier molecular flexibility index (Phi) is 9.42. The SMILES string of the molecule is CCOC(=O)c1cnc(SC)n2ncnc12.CCOC(=O)c1cnc(SC)nc1NN. The molecule has 31 heavy (non-hydrogen) atoms. The number of nitrogens with one attached hydrogen (secondary N) is 1. The Morgan fingerprint density at radius 1 is 1.03 bits per heavy atom. The highest BCUT2D eigenvalue weighted by Gasteiger charge is 2.16. The maximum atomic E-state index is 11.6. The van der Waals surface area contributed by atoms with Crippen LogP contribution in [0.25, 0.3) is 5.65 Å². The van der Waals surface area contributed by atoms with E-state index in [1.54, 1.807) is 13.8 Å². The zero-order chi connectivity index (χ0) is 22.8. The maximum absolute atomic E-state index is 11.6. The Morgan fingerprint density at radius 2 is 1.68 bits per heavy atom. The Labute approximate surface area is 186 Å². The molecule has 0 amide bonds. The molecule has 12 nitrogen and oxygen atoms in total. The van der Waals surface area contributed by atoms with Crippen LogP contribution in [0.2, 0.25) is 0 Å². The molecule has 0 aliphatic heterocycles. The van der Waals surface area contributed by atoms with E-state index in [1.165, 1.54) is 46.8 Å². The molecular formula is C17H22N8O4S2. The number of anilines is 1. The zero-order valence-electron chi connectivity index (χ0n) is 17.4. The second kappa shape index (κ2) is 12.0. The quantitative estimate of drug-likeness (QED) is 0.170. The van der Waals surface area contributed by atoms with E-state index < -0.39 is 11.9 Å². The van der Waals surface area contributed by atoms with Gasteiger partial charge in [0.2, 0.25) is 0 Å². The van der Waals surface area contributed by atoms with Crippen LogP contribution in [-0.2, 0) is 9.47 Å². The van der Waals surface area contributed by atoms with Crippen LogP contribution in [0.4, 0.5) is 5.82 Å². The second-order valence-corrected chi connectivity index (χ2v) is 6.91. The van der Waals surface area contributed by atoms with Gasteiger partial charge in [-0.1, -0.05) is 23.5 Å². The lowest BCUT2D eigenvalue weighted by molar-refractivity contribution is 0.0517. The summed E-state index contributed by atoms with van der Waals surface area (Å²) in [6.45, 7) is 4.10. The Morgan fingerprint density at radius 3 is 2.26 bits per heavy atom. The fourth-order valence-electron chi connectivity index (χ4n) is 2.22. The minimum Gasteiger partial charge on any atom is -0.462 e. The van der Waals surface area contributed by atoms with Gasteiger partial charge >= 0.3 is 11.9 Å². The lowest BCUT2D eigenvalue weighted by atomic mass is 10.3. The minimum atomic E-state index is -0.488. The number of fused-ring (bicyclic) bond motifs is 1. The van der Waals surface area contributed by atoms with Gasteiger partial charge in [-0.3, -0.25) is 0 Å². The van der Waals surface area contributed by atoms with Crippen molar-refractivity contribution in [2.24, 2.45) is 5.84 Å². The van der Waals surface area contributed by atoms with Crippen molar-refractivity contribution in [2.75, 3.05) is 31.2 Å². The van der Waals surface area contributed by atoms with Crippen molar-refractivity contribution in [3.05, 3.63) is 29.8 Å². The summed E-state index contributed by atoms with van der Waals surface area (Å²) in [6, 6.07) is 0. The number of nitrogens with zero attached hydrogens (tertiary/aromatic N) is 6. The van der Waals surface area contributed by atoms with E-state index in [0.29, 0.717) is 34.7 Å². The van der Waals surface area contributed by atoms with Crippen molar-refractivity contribution in [3.8, 4) is 0 Å². The number of esters is 2. The Hall–Kier alpha value is -2.97. The number of rotatable bonds is 7. The third kappa shape index (κ3) is 6.02. The van der Waals surface area contributed by atoms with Crippen molar-refractivity contribution in [1.29, 1.82) is 0 Å². The lowest BCUT2D eigenvalue weighted by Gasteiger charge is -2.07. The summed E-state index contributed by atoms with van der Waals surface area (Å²) in [6.07, 6.45) is 7.96. The molecule has 3 rings (SSSR count). The molecule has 0 atom stereocenters. The number of nitrogens with two attached hydrogens (primary N) is 1. The third-order valence-electron chi connectivity index (χ3n) is 3.53. The van der Waals surface area contributed by atoms with Crippen molar-refractivity contribution in [3.63, 3.8) is 0 Å². The predicted octanol–water partition coefficient (Wildman–Crippen LogP) is 1.68. The Bertz CT molecular complexity index is 1050. The molecule has 0 aromatic carbocycles. The molecular weight excluding hydrogens is 444 g/mol. The fourth-order valence-corrected chi connectivity index (χ4v) is 3.03. The van der Waals surface area contributed by atoms with E-state index in [0.717, 1.165) is 0 Å². The van der Waals surface area contributed by atoms with Crippen molar-refractivity contribution < 1.29 is 19.1 Å². The highest BCUT2D eigenvalue weighted by atomic mass is 32.2. The summed E-state index contributed by atoms with van der Waals surface area (Å²) in [5.74, 6) is 4.60. The molecule has 3 aromatic heterocycles. The van der Waals surface area contributed by atoms with Crippen molar-refractivity contribution in [2.45, 2.75) is 24.2 Å². The first kappa shape index (κ1) is 24.3. The molecule has 0 saturated heterocycles. The van der Waals surface area contributed by atoms with Gasteiger partial charge in [-0.15, -0.1) is 0 Å². The van der Waals surface area contributed by atoms with Gasteiger partial charge in [0.25, 0.3) is 0 Å². The predicted molar refractivity (Wildman–Crippen MR) is 116 cm³/mol. The zero-order valence-corrected chi connectivity index (χ0v) is 19.0. The molecule has 0 bridgehead atoms.